The molecule has 0 saturated heterocycles. The van der Waals surface area contributed by atoms with Crippen LogP contribution >= 0.6 is 0 Å². The molecule has 1 N–H and O–H groups in total. The van der Waals surface area contributed by atoms with E-state index in [1.54, 1.807) is 0 Å². The molecule has 0 heterocycles. The molecule has 0 bridgehead atoms. The van der Waals surface area contributed by atoms with Crippen LogP contribution in [0.4, 0.5) is 0 Å². The largest absolute Gasteiger partial charge is 0.481 e. The first-order chi connectivity index (χ1) is 2.27. The van der Waals surface area contributed by atoms with Gasteiger partial charge >= 0.3 is 0 Å². The van der Waals surface area contributed by atoms with E-state index in [-0.39, 0.29) is 0 Å². The molecule has 0 unspecified atom stereocenters. The van der Waals surface area contributed by atoms with Crippen LogP contribution in [0.1, 0.15) is 8.27 Å². The summed E-state index contributed by atoms with van der Waals surface area (Å²) in [7, 11) is 0. The third-order valence-corrected chi connectivity index (χ3v) is 0. The molecule has 0 aromatic heterocycles. The summed E-state index contributed by atoms with van der Waals surface area (Å²) in [6.45, 7) is -0.528. The lowest BCUT2D eigenvalue weighted by atomic mass is 10.9. The molecule has 0 aliphatic carbocycles. The van der Waals surface area contributed by atoms with Gasteiger partial charge in [0.2, 0.25) is 0 Å². The highest BCUT2D eigenvalue weighted by molar-refractivity contribution is 5.62. The molecule has 0 radical (unpaired) electrons. The van der Waals surface area contributed by atoms with Gasteiger partial charge in [-0.2, -0.15) is 0 Å². The van der Waals surface area contributed by atoms with E-state index >= 15 is 0 Å². The Morgan fingerprint density at radius 2 is 2.75 bits per heavy atom. The third kappa shape index (κ3) is 1.16. The Labute approximate surface area is 25.5 Å². The smallest absolute Gasteiger partial charge is 0.300 e. The van der Waals surface area contributed by atoms with E-state index < -0.39 is 12.9 Å². The maximum Gasteiger partial charge on any atom is 0.300 e. The van der Waals surface area contributed by atoms with E-state index in [0.29, 0.717) is 0 Å². The van der Waals surface area contributed by atoms with E-state index in [1.807, 2.05) is 0 Å². The van der Waals surface area contributed by atoms with Crippen molar-refractivity contribution in [3.63, 3.8) is 0 Å². The number of hydrogen-bond acceptors (Lipinski definition) is 1. The van der Waals surface area contributed by atoms with Crippen LogP contribution in [-0.4, -0.2) is 11.1 Å². The van der Waals surface area contributed by atoms with Gasteiger partial charge in [-0.25, -0.2) is 0 Å². The number of hydrogen-bond donors (Lipinski definition) is 1. The van der Waals surface area contributed by atoms with Crippen LogP contribution in [-0.2, 0) is 4.79 Å². The molecule has 0 atom stereocenters. The van der Waals surface area contributed by atoms with Crippen LogP contribution in [0.15, 0.2) is 0 Å². The monoisotopic (exact) mass is 61.0 g/mol. The number of rotatable bonds is 0. The van der Waals surface area contributed by atoms with Gasteiger partial charge in [0.15, 0.2) is 0 Å². The molecule has 0 aliphatic heterocycles. The number of carbonyl (C=O) groups is 1. The summed E-state index contributed by atoms with van der Waals surface area (Å²) in [6.07, 6.45) is 0. The summed E-state index contributed by atoms with van der Waals surface area (Å²) in [6, 6.07) is 0. The van der Waals surface area contributed by atoms with Gasteiger partial charge < -0.3 is 5.11 Å². The third-order valence-electron chi connectivity index (χ3n) is 0. The maximum absolute atomic E-state index is 9.18. The van der Waals surface area contributed by atoms with Crippen molar-refractivity contribution in [1.29, 1.82) is 0 Å². The van der Waals surface area contributed by atoms with Crippen molar-refractivity contribution in [2.45, 2.75) is 6.90 Å². The minimum atomic E-state index is -1.08. The minimum Gasteiger partial charge on any atom is -0.481 e. The molecule has 0 spiro atoms. The minimum absolute atomic E-state index is 0.528. The first-order valence-electron chi connectivity index (χ1n) is 1.49. The van der Waals surface area contributed by atoms with Crippen LogP contribution in [0.5, 0.6) is 0 Å². The van der Waals surface area contributed by atoms with Gasteiger partial charge in [0, 0.05) is 8.27 Å². The van der Waals surface area contributed by atoms with Gasteiger partial charge in [0.25, 0.3) is 5.97 Å². The fraction of sp³-hybridized carbons (Fsp3) is 0.500. The summed E-state index contributed by atoms with van der Waals surface area (Å²) in [5, 5.41) is 7.53. The van der Waals surface area contributed by atoms with Gasteiger partial charge in [-0.1, -0.05) is 0 Å². The number of carboxylic acids is 1. The summed E-state index contributed by atoms with van der Waals surface area (Å²) in [5.41, 5.74) is 0. The molecule has 0 fully saturated rings. The van der Waals surface area contributed by atoms with Crippen molar-refractivity contribution >= 4 is 5.97 Å². The van der Waals surface area contributed by atoms with Gasteiger partial charge in [-0.15, -0.1) is 0 Å². The zero-order chi connectivity index (χ0) is 4.28. The SMILES string of the molecule is [2H]CC(=O)O. The highest BCUT2D eigenvalue weighted by Gasteiger charge is 1.65. The predicted octanol–water partition coefficient (Wildman–Crippen LogP) is 0.0909. The molecule has 4 heavy (non-hydrogen) atoms. The Morgan fingerprint density at radius 1 is 2.50 bits per heavy atom. The molecule has 0 aromatic rings. The molecule has 2 heteroatoms. The van der Waals surface area contributed by atoms with Crippen molar-refractivity contribution in [2.75, 3.05) is 0 Å². The average Bonchev–Trinajstić information content (AvgIpc) is 1.38. The molecule has 24 valence electrons. The van der Waals surface area contributed by atoms with Crippen molar-refractivity contribution in [3.8, 4) is 0 Å². The Morgan fingerprint density at radius 3 is 2.75 bits per heavy atom. The zero-order valence-electron chi connectivity index (χ0n) is 3.06. The van der Waals surface area contributed by atoms with Crippen molar-refractivity contribution < 1.29 is 11.3 Å². The molecule has 0 saturated carbocycles. The molecular weight excluding hydrogens is 56.0 g/mol. The first kappa shape index (κ1) is 1.76. The summed E-state index contributed by atoms with van der Waals surface area (Å²) in [4.78, 5) is 9.18. The average molecular weight is 61.1 g/mol. The normalized spacial score (nSPS) is 9.50. The van der Waals surface area contributed by atoms with Gasteiger partial charge in [0.05, 0.1) is 0 Å². The van der Waals surface area contributed by atoms with Crippen molar-refractivity contribution in [3.05, 3.63) is 0 Å². The zero-order valence-corrected chi connectivity index (χ0v) is 2.06. The molecule has 0 amide bonds. The Hall–Kier alpha value is -0.530. The molecule has 0 aromatic carbocycles. The van der Waals surface area contributed by atoms with Gasteiger partial charge in [0.1, 0.15) is 0 Å². The highest BCUT2D eigenvalue weighted by atomic mass is 16.4. The maximum atomic E-state index is 9.18. The molecule has 0 aliphatic rings. The molecular formula is C2H4O2. The summed E-state index contributed by atoms with van der Waals surface area (Å²) >= 11 is 0. The van der Waals surface area contributed by atoms with Crippen LogP contribution in [0, 0.1) is 0 Å². The van der Waals surface area contributed by atoms with E-state index in [0.717, 1.165) is 0 Å². The standard InChI is InChI=1S/C2H4O2/c1-2(3)4/h1H3,(H,3,4)/i1D. The highest BCUT2D eigenvalue weighted by Crippen LogP contribution is 1.42. The van der Waals surface area contributed by atoms with Crippen LogP contribution in [0.3, 0.4) is 0 Å². The van der Waals surface area contributed by atoms with E-state index in [1.165, 1.54) is 0 Å². The topological polar surface area (TPSA) is 37.3 Å². The van der Waals surface area contributed by atoms with Gasteiger partial charge in [-0.3, -0.25) is 4.79 Å². The molecule has 2 nitrogen and oxygen atoms in total. The summed E-state index contributed by atoms with van der Waals surface area (Å²) in [5.74, 6) is -1.08. The molecule has 0 rings (SSSR count). The number of carboxylic acid groups (broad SMARTS) is 1. The van der Waals surface area contributed by atoms with Crippen LogP contribution < -0.4 is 0 Å². The quantitative estimate of drug-likeness (QED) is 0.431. The van der Waals surface area contributed by atoms with E-state index in [4.69, 9.17) is 6.48 Å². The van der Waals surface area contributed by atoms with Crippen LogP contribution in [0.2, 0.25) is 0 Å². The summed E-state index contributed by atoms with van der Waals surface area (Å²) < 4.78 is 6.06. The lowest BCUT2D eigenvalue weighted by molar-refractivity contribution is -0.134. The Kier molecular flexibility index (Phi) is 0.385. The van der Waals surface area contributed by atoms with E-state index in [9.17, 15) is 4.79 Å². The second-order valence-corrected chi connectivity index (χ2v) is 0.394. The van der Waals surface area contributed by atoms with Crippen molar-refractivity contribution in [1.82, 2.24) is 0 Å². The lowest BCUT2D eigenvalue weighted by Crippen LogP contribution is -1.78. The lowest BCUT2D eigenvalue weighted by Gasteiger charge is -1.59. The van der Waals surface area contributed by atoms with Gasteiger partial charge in [-0.05, 0) is 0 Å². The number of aliphatic carboxylic acids is 1. The Balaban J connectivity index is 2.85. The van der Waals surface area contributed by atoms with Crippen LogP contribution in [0.25, 0.3) is 0 Å². The fourth-order valence-electron chi connectivity index (χ4n) is 0. The fourth-order valence-corrected chi connectivity index (χ4v) is 0. The van der Waals surface area contributed by atoms with Crippen molar-refractivity contribution in [2.24, 2.45) is 0 Å². The first-order valence-corrected chi connectivity index (χ1v) is 0.781. The second-order valence-electron chi connectivity index (χ2n) is 0.394. The van der Waals surface area contributed by atoms with E-state index in [2.05, 4.69) is 0 Å². The second kappa shape index (κ2) is 0.875. The predicted molar refractivity (Wildman–Crippen MR) is 13.3 cm³/mol. The Bertz CT molecular complexity index is 42.9.